The zero-order valence-corrected chi connectivity index (χ0v) is 30.9. The molecule has 1 spiro atoms. The smallest absolute Gasteiger partial charge is 0.416 e. The average molecular weight is 730 g/mol. The van der Waals surface area contributed by atoms with Crippen LogP contribution in [0, 0.1) is 50.7 Å². The number of aryl methyl sites for hydroxylation is 4. The number of likely N-dealkylation sites (tertiary alicyclic amines) is 1. The average Bonchev–Trinajstić information content (AvgIpc) is 3.81. The zero-order chi connectivity index (χ0) is 38.3. The van der Waals surface area contributed by atoms with Crippen LogP contribution in [-0.4, -0.2) is 47.6 Å². The van der Waals surface area contributed by atoms with Crippen molar-refractivity contribution in [3.63, 3.8) is 0 Å². The normalized spacial score (nSPS) is 16.5. The van der Waals surface area contributed by atoms with Crippen molar-refractivity contribution in [1.82, 2.24) is 14.8 Å². The van der Waals surface area contributed by atoms with Crippen LogP contribution in [-0.2, 0) is 26.9 Å². The Hall–Kier alpha value is -4.06. The molecule has 1 amide bonds. The van der Waals surface area contributed by atoms with Crippen molar-refractivity contribution in [3.05, 3.63) is 91.4 Å². The second kappa shape index (κ2) is 15.1. The molecule has 0 bridgehead atoms. The third-order valence-electron chi connectivity index (χ3n) is 10.3. The molecule has 2 aromatic carbocycles. The van der Waals surface area contributed by atoms with E-state index in [1.165, 1.54) is 13.0 Å². The number of aromatic nitrogens is 1. The topological polar surface area (TPSA) is 80.6 Å². The SMILES string of the molecule is CCOC(=O)C[C@H](NC(=O)C(CC(C)C)n1cc(CCN2CC3(CC3)C2)c(C(F)(F)F)cc1=O)c1c(F)c(C)cc(-c2c(C)cc(C)cc2C)c1F. The van der Waals surface area contributed by atoms with Gasteiger partial charge in [-0.25, -0.2) is 8.78 Å². The number of nitrogens with zero attached hydrogens (tertiary/aromatic N) is 2. The van der Waals surface area contributed by atoms with Crippen molar-refractivity contribution in [2.75, 3.05) is 26.2 Å². The highest BCUT2D eigenvalue weighted by atomic mass is 19.4. The molecule has 3 aromatic rings. The number of esters is 1. The minimum atomic E-state index is -4.80. The van der Waals surface area contributed by atoms with Crippen LogP contribution in [0.2, 0.25) is 0 Å². The lowest BCUT2D eigenvalue weighted by Crippen LogP contribution is -2.49. The fourth-order valence-electron chi connectivity index (χ4n) is 7.69. The van der Waals surface area contributed by atoms with Crippen LogP contribution in [0.25, 0.3) is 11.1 Å². The molecule has 2 heterocycles. The molecule has 1 aliphatic heterocycles. The number of hydrogen-bond donors (Lipinski definition) is 1. The number of carbonyl (C=O) groups excluding carboxylic acids is 2. The van der Waals surface area contributed by atoms with Gasteiger partial charge in [0, 0.05) is 43.0 Å². The molecule has 52 heavy (non-hydrogen) atoms. The fourth-order valence-corrected chi connectivity index (χ4v) is 7.69. The van der Waals surface area contributed by atoms with E-state index in [4.69, 9.17) is 4.74 Å². The Morgan fingerprint density at radius 2 is 1.60 bits per heavy atom. The molecule has 1 saturated heterocycles. The van der Waals surface area contributed by atoms with Gasteiger partial charge in [-0.3, -0.25) is 14.4 Å². The molecule has 5 rings (SSSR count). The zero-order valence-electron chi connectivity index (χ0n) is 30.9. The maximum atomic E-state index is 16.7. The van der Waals surface area contributed by atoms with Gasteiger partial charge in [0.15, 0.2) is 0 Å². The largest absolute Gasteiger partial charge is 0.466 e. The lowest BCUT2D eigenvalue weighted by atomic mass is 9.88. The van der Waals surface area contributed by atoms with Crippen LogP contribution < -0.4 is 10.9 Å². The first kappa shape index (κ1) is 39.2. The van der Waals surface area contributed by atoms with Crippen molar-refractivity contribution < 1.29 is 36.3 Å². The van der Waals surface area contributed by atoms with E-state index in [-0.39, 0.29) is 42.1 Å². The number of carbonyl (C=O) groups is 2. The number of alkyl halides is 3. The number of hydrogen-bond acceptors (Lipinski definition) is 5. The molecule has 2 aliphatic rings. The van der Waals surface area contributed by atoms with Crippen LogP contribution in [0.4, 0.5) is 22.0 Å². The lowest BCUT2D eigenvalue weighted by molar-refractivity contribution is -0.144. The molecule has 0 radical (unpaired) electrons. The van der Waals surface area contributed by atoms with E-state index in [9.17, 15) is 27.6 Å². The van der Waals surface area contributed by atoms with Crippen LogP contribution in [0.5, 0.6) is 0 Å². The van der Waals surface area contributed by atoms with Gasteiger partial charge in [0.1, 0.15) is 17.7 Å². The molecule has 1 aromatic heterocycles. The van der Waals surface area contributed by atoms with Gasteiger partial charge in [-0.2, -0.15) is 13.2 Å². The van der Waals surface area contributed by atoms with E-state index in [1.54, 1.807) is 20.8 Å². The highest BCUT2D eigenvalue weighted by molar-refractivity contribution is 5.82. The Kier molecular flexibility index (Phi) is 11.4. The minimum Gasteiger partial charge on any atom is -0.466 e. The third-order valence-corrected chi connectivity index (χ3v) is 10.3. The summed E-state index contributed by atoms with van der Waals surface area (Å²) in [6, 6.07) is 2.72. The number of pyridine rings is 1. The van der Waals surface area contributed by atoms with Crippen molar-refractivity contribution >= 4 is 11.9 Å². The second-order valence-corrected chi connectivity index (χ2v) is 15.2. The van der Waals surface area contributed by atoms with Crippen molar-refractivity contribution in [3.8, 4) is 11.1 Å². The molecule has 7 nitrogen and oxygen atoms in total. The number of nitrogens with one attached hydrogen (secondary N) is 1. The predicted molar refractivity (Wildman–Crippen MR) is 189 cm³/mol. The standard InChI is InChI=1S/C40H48F5N3O4/c1-8-52-33(50)18-30(35-36(41)26(7)16-28(37(35)42)34-24(5)14-23(4)15-25(34)6)46-38(51)31(13-22(2)3)48-19-27(29(17-32(48)49)40(43,44)45)9-12-47-20-39(21-47)10-11-39/h14-17,19,22,30-31H,8-13,18,20-21H2,1-7H3,(H,46,51)/t30-,31?/m0/s1. The highest BCUT2D eigenvalue weighted by Crippen LogP contribution is 2.52. The van der Waals surface area contributed by atoms with E-state index in [0.717, 1.165) is 53.4 Å². The number of halogens is 5. The Morgan fingerprint density at radius 3 is 2.15 bits per heavy atom. The summed E-state index contributed by atoms with van der Waals surface area (Å²) in [5.74, 6) is -3.86. The molecular formula is C40H48F5N3O4. The van der Waals surface area contributed by atoms with Crippen LogP contribution in [0.15, 0.2) is 35.3 Å². The molecule has 1 unspecified atom stereocenters. The first-order valence-electron chi connectivity index (χ1n) is 17.9. The first-order valence-corrected chi connectivity index (χ1v) is 17.9. The van der Waals surface area contributed by atoms with Crippen LogP contribution >= 0.6 is 0 Å². The summed E-state index contributed by atoms with van der Waals surface area (Å²) in [5, 5.41) is 2.62. The van der Waals surface area contributed by atoms with E-state index in [2.05, 4.69) is 10.2 Å². The van der Waals surface area contributed by atoms with Gasteiger partial charge in [0.05, 0.1) is 24.6 Å². The summed E-state index contributed by atoms with van der Waals surface area (Å²) in [4.78, 5) is 42.6. The molecule has 1 aliphatic carbocycles. The van der Waals surface area contributed by atoms with E-state index >= 15 is 8.78 Å². The molecule has 1 saturated carbocycles. The monoisotopic (exact) mass is 729 g/mol. The van der Waals surface area contributed by atoms with Gasteiger partial charge in [-0.15, -0.1) is 0 Å². The number of benzene rings is 2. The highest BCUT2D eigenvalue weighted by Gasteiger charge is 2.51. The molecule has 2 atom stereocenters. The molecule has 2 fully saturated rings. The number of amides is 1. The van der Waals surface area contributed by atoms with Gasteiger partial charge in [0.25, 0.3) is 5.56 Å². The van der Waals surface area contributed by atoms with Gasteiger partial charge in [0.2, 0.25) is 5.91 Å². The van der Waals surface area contributed by atoms with Crippen molar-refractivity contribution in [2.45, 2.75) is 98.8 Å². The summed E-state index contributed by atoms with van der Waals surface area (Å²) in [7, 11) is 0. The molecule has 282 valence electrons. The summed E-state index contributed by atoms with van der Waals surface area (Å²) in [6.07, 6.45) is -2.08. The minimum absolute atomic E-state index is 0.00698. The quantitative estimate of drug-likeness (QED) is 0.142. The Balaban J connectivity index is 1.56. The van der Waals surface area contributed by atoms with E-state index < -0.39 is 64.9 Å². The molecule has 12 heteroatoms. The fraction of sp³-hybridized carbons (Fsp3) is 0.525. The van der Waals surface area contributed by atoms with Gasteiger partial charge < -0.3 is 19.5 Å². The summed E-state index contributed by atoms with van der Waals surface area (Å²) in [5.41, 5.74) is 0.676. The Labute approximate surface area is 301 Å². The van der Waals surface area contributed by atoms with Crippen LogP contribution in [0.3, 0.4) is 0 Å². The molecular weight excluding hydrogens is 681 g/mol. The number of ether oxygens (including phenoxy) is 1. The number of rotatable bonds is 13. The third kappa shape index (κ3) is 8.43. The summed E-state index contributed by atoms with van der Waals surface area (Å²) < 4.78 is 81.5. The summed E-state index contributed by atoms with van der Waals surface area (Å²) >= 11 is 0. The second-order valence-electron chi connectivity index (χ2n) is 15.2. The van der Waals surface area contributed by atoms with Gasteiger partial charge in [-0.1, -0.05) is 31.5 Å². The van der Waals surface area contributed by atoms with E-state index in [1.807, 2.05) is 32.9 Å². The van der Waals surface area contributed by atoms with Crippen molar-refractivity contribution in [2.24, 2.45) is 11.3 Å². The van der Waals surface area contributed by atoms with Crippen LogP contribution in [0.1, 0.15) is 97.5 Å². The van der Waals surface area contributed by atoms with Gasteiger partial charge >= 0.3 is 12.1 Å². The first-order chi connectivity index (χ1) is 24.3. The van der Waals surface area contributed by atoms with E-state index in [0.29, 0.717) is 23.6 Å². The maximum absolute atomic E-state index is 16.7. The Bertz CT molecular complexity index is 1880. The van der Waals surface area contributed by atoms with Crippen molar-refractivity contribution in [1.29, 1.82) is 0 Å². The lowest BCUT2D eigenvalue weighted by Gasteiger charge is -2.40. The maximum Gasteiger partial charge on any atom is 0.416 e. The Morgan fingerprint density at radius 1 is 0.962 bits per heavy atom. The summed E-state index contributed by atoms with van der Waals surface area (Å²) in [6.45, 7) is 14.1. The predicted octanol–water partition coefficient (Wildman–Crippen LogP) is 8.08. The molecule has 1 N–H and O–H groups in total. The van der Waals surface area contributed by atoms with Gasteiger partial charge in [-0.05, 0) is 106 Å².